The Hall–Kier alpha value is -1.73. The molecule has 0 unspecified atom stereocenters. The molecule has 6 nitrogen and oxygen atoms in total. The molecule has 2 rings (SSSR count). The van der Waals surface area contributed by atoms with Crippen molar-refractivity contribution < 1.29 is 18.0 Å². The van der Waals surface area contributed by atoms with Crippen LogP contribution in [0.15, 0.2) is 29.2 Å². The van der Waals surface area contributed by atoms with Crippen LogP contribution in [0.2, 0.25) is 0 Å². The topological polar surface area (TPSA) is 83.6 Å². The van der Waals surface area contributed by atoms with Crippen LogP contribution >= 0.6 is 0 Å². The van der Waals surface area contributed by atoms with E-state index in [-0.39, 0.29) is 11.4 Å². The minimum absolute atomic E-state index is 0.0790. The minimum Gasteiger partial charge on any atom is -0.294 e. The number of carbonyl (C=O) groups excluding carboxylic acids is 2. The molecule has 1 aliphatic rings. The highest BCUT2D eigenvalue weighted by Crippen LogP contribution is 2.27. The molecule has 2 amide bonds. The van der Waals surface area contributed by atoms with Crippen LogP contribution in [0.1, 0.15) is 26.3 Å². The van der Waals surface area contributed by atoms with Crippen LogP contribution in [0.4, 0.5) is 0 Å². The number of imide groups is 1. The Kier molecular flexibility index (Phi) is 3.90. The molecule has 1 aromatic rings. The molecule has 1 fully saturated rings. The molecule has 1 aromatic carbocycles. The van der Waals surface area contributed by atoms with Crippen molar-refractivity contribution in [2.45, 2.75) is 37.6 Å². The van der Waals surface area contributed by atoms with Crippen molar-refractivity contribution in [1.82, 2.24) is 9.62 Å². The number of aryl methyl sites for hydroxylation is 1. The fourth-order valence-corrected chi connectivity index (χ4v) is 3.88. The summed E-state index contributed by atoms with van der Waals surface area (Å²) in [6.45, 7) is 4.57. The summed E-state index contributed by atoms with van der Waals surface area (Å²) in [4.78, 5) is 23.5. The lowest BCUT2D eigenvalue weighted by Crippen LogP contribution is -2.65. The zero-order valence-electron chi connectivity index (χ0n) is 12.2. The van der Waals surface area contributed by atoms with Crippen molar-refractivity contribution in [3.8, 4) is 0 Å². The number of piperazine rings is 1. The van der Waals surface area contributed by atoms with Gasteiger partial charge in [-0.15, -0.1) is 0 Å². The number of hydrogen-bond acceptors (Lipinski definition) is 4. The molecule has 0 saturated carbocycles. The first-order valence-electron chi connectivity index (χ1n) is 6.65. The summed E-state index contributed by atoms with van der Waals surface area (Å²) in [6.07, 6.45) is 0.802. The van der Waals surface area contributed by atoms with E-state index in [9.17, 15) is 18.0 Å². The van der Waals surface area contributed by atoms with Gasteiger partial charge in [0.15, 0.2) is 0 Å². The molecular formula is C14H18N2O4S. The smallest absolute Gasteiger partial charge is 0.247 e. The van der Waals surface area contributed by atoms with Gasteiger partial charge in [0.25, 0.3) is 0 Å². The highest BCUT2D eigenvalue weighted by atomic mass is 32.2. The van der Waals surface area contributed by atoms with Gasteiger partial charge < -0.3 is 0 Å². The largest absolute Gasteiger partial charge is 0.294 e. The van der Waals surface area contributed by atoms with Crippen molar-refractivity contribution in [2.24, 2.45) is 0 Å². The molecule has 114 valence electrons. The second-order valence-electron chi connectivity index (χ2n) is 5.45. The SMILES string of the molecule is CCc1ccc(S(=O)(=O)N2CC(=O)NC(=O)C2(C)C)cc1. The van der Waals surface area contributed by atoms with Crippen molar-refractivity contribution in [2.75, 3.05) is 6.54 Å². The van der Waals surface area contributed by atoms with Gasteiger partial charge in [-0.3, -0.25) is 14.9 Å². The van der Waals surface area contributed by atoms with Crippen LogP contribution in [0.25, 0.3) is 0 Å². The Labute approximate surface area is 124 Å². The standard InChI is InChI=1S/C14H18N2O4S/c1-4-10-5-7-11(8-6-10)21(19,20)16-9-12(17)15-13(18)14(16,2)3/h5-8H,4,9H2,1-3H3,(H,15,17,18). The maximum atomic E-state index is 12.7. The van der Waals surface area contributed by atoms with E-state index in [1.165, 1.54) is 26.0 Å². The summed E-state index contributed by atoms with van der Waals surface area (Å²) in [6, 6.07) is 6.46. The van der Waals surface area contributed by atoms with Crippen LogP contribution in [-0.4, -0.2) is 36.6 Å². The Morgan fingerprint density at radius 3 is 2.29 bits per heavy atom. The van der Waals surface area contributed by atoms with Gasteiger partial charge >= 0.3 is 0 Å². The Morgan fingerprint density at radius 2 is 1.76 bits per heavy atom. The number of rotatable bonds is 3. The molecule has 0 spiro atoms. The van der Waals surface area contributed by atoms with Crippen LogP contribution in [0.3, 0.4) is 0 Å². The summed E-state index contributed by atoms with van der Waals surface area (Å²) in [5.41, 5.74) is -0.295. The van der Waals surface area contributed by atoms with E-state index in [2.05, 4.69) is 5.32 Å². The van der Waals surface area contributed by atoms with Gasteiger partial charge in [-0.1, -0.05) is 19.1 Å². The first-order valence-corrected chi connectivity index (χ1v) is 8.09. The lowest BCUT2D eigenvalue weighted by Gasteiger charge is -2.38. The monoisotopic (exact) mass is 310 g/mol. The minimum atomic E-state index is -3.91. The average molecular weight is 310 g/mol. The van der Waals surface area contributed by atoms with Crippen LogP contribution in [-0.2, 0) is 26.0 Å². The molecule has 1 aliphatic heterocycles. The normalized spacial score (nSPS) is 19.4. The van der Waals surface area contributed by atoms with E-state index in [1.54, 1.807) is 12.1 Å². The number of benzene rings is 1. The second-order valence-corrected chi connectivity index (χ2v) is 7.31. The number of nitrogens with zero attached hydrogens (tertiary/aromatic N) is 1. The van der Waals surface area contributed by atoms with Gasteiger partial charge in [0, 0.05) is 0 Å². The fourth-order valence-electron chi connectivity index (χ4n) is 2.17. The molecule has 21 heavy (non-hydrogen) atoms. The predicted molar refractivity (Wildman–Crippen MR) is 76.9 cm³/mol. The third kappa shape index (κ3) is 2.71. The lowest BCUT2D eigenvalue weighted by atomic mass is 10.0. The van der Waals surface area contributed by atoms with E-state index >= 15 is 0 Å². The van der Waals surface area contributed by atoms with E-state index in [0.29, 0.717) is 0 Å². The number of amides is 2. The molecular weight excluding hydrogens is 292 g/mol. The van der Waals surface area contributed by atoms with Crippen molar-refractivity contribution in [1.29, 1.82) is 0 Å². The van der Waals surface area contributed by atoms with Crippen LogP contribution in [0, 0.1) is 0 Å². The van der Waals surface area contributed by atoms with Crippen LogP contribution in [0.5, 0.6) is 0 Å². The quantitative estimate of drug-likeness (QED) is 0.832. The number of sulfonamides is 1. The third-order valence-electron chi connectivity index (χ3n) is 3.64. The van der Waals surface area contributed by atoms with Gasteiger partial charge in [-0.25, -0.2) is 8.42 Å². The first kappa shape index (κ1) is 15.7. The summed E-state index contributed by atoms with van der Waals surface area (Å²) < 4.78 is 26.3. The number of carbonyl (C=O) groups is 2. The van der Waals surface area contributed by atoms with Crippen LogP contribution < -0.4 is 5.32 Å². The zero-order valence-corrected chi connectivity index (χ0v) is 13.0. The van der Waals surface area contributed by atoms with Gasteiger partial charge in [0.05, 0.1) is 11.4 Å². The van der Waals surface area contributed by atoms with E-state index in [4.69, 9.17) is 0 Å². The highest BCUT2D eigenvalue weighted by molar-refractivity contribution is 7.89. The highest BCUT2D eigenvalue weighted by Gasteiger charge is 2.47. The van der Waals surface area contributed by atoms with Gasteiger partial charge in [0.1, 0.15) is 5.54 Å². The molecule has 0 aromatic heterocycles. The first-order chi connectivity index (χ1) is 9.69. The Bertz CT molecular complexity index is 677. The Morgan fingerprint density at radius 1 is 1.19 bits per heavy atom. The molecule has 0 atom stereocenters. The molecule has 1 saturated heterocycles. The van der Waals surface area contributed by atoms with Gasteiger partial charge in [-0.05, 0) is 38.0 Å². The molecule has 1 N–H and O–H groups in total. The molecule has 1 heterocycles. The van der Waals surface area contributed by atoms with E-state index < -0.39 is 27.4 Å². The van der Waals surface area contributed by atoms with Gasteiger partial charge in [0.2, 0.25) is 21.8 Å². The maximum Gasteiger partial charge on any atom is 0.247 e. The number of nitrogens with one attached hydrogen (secondary N) is 1. The molecule has 0 bridgehead atoms. The second kappa shape index (κ2) is 5.23. The zero-order chi connectivity index (χ0) is 15.8. The summed E-state index contributed by atoms with van der Waals surface area (Å²) in [5, 5.41) is 2.16. The number of hydrogen-bond donors (Lipinski definition) is 1. The summed E-state index contributed by atoms with van der Waals surface area (Å²) in [7, 11) is -3.91. The molecule has 7 heteroatoms. The van der Waals surface area contributed by atoms with E-state index in [1.807, 2.05) is 6.92 Å². The lowest BCUT2D eigenvalue weighted by molar-refractivity contribution is -0.141. The average Bonchev–Trinajstić information content (AvgIpc) is 2.43. The van der Waals surface area contributed by atoms with Crippen molar-refractivity contribution in [3.05, 3.63) is 29.8 Å². The van der Waals surface area contributed by atoms with E-state index in [0.717, 1.165) is 16.3 Å². The molecule has 0 aliphatic carbocycles. The van der Waals surface area contributed by atoms with Gasteiger partial charge in [-0.2, -0.15) is 4.31 Å². The predicted octanol–water partition coefficient (Wildman–Crippen LogP) is 0.675. The molecule has 0 radical (unpaired) electrons. The summed E-state index contributed by atoms with van der Waals surface area (Å²) in [5.74, 6) is -1.24. The van der Waals surface area contributed by atoms with Crippen molar-refractivity contribution >= 4 is 21.8 Å². The maximum absolute atomic E-state index is 12.7. The van der Waals surface area contributed by atoms with Crippen molar-refractivity contribution in [3.63, 3.8) is 0 Å². The fraction of sp³-hybridized carbons (Fsp3) is 0.429. The Balaban J connectivity index is 2.45. The summed E-state index contributed by atoms with van der Waals surface area (Å²) >= 11 is 0. The third-order valence-corrected chi connectivity index (χ3v) is 5.67.